The second-order valence-corrected chi connectivity index (χ2v) is 6.48. The quantitative estimate of drug-likeness (QED) is 0.615. The summed E-state index contributed by atoms with van der Waals surface area (Å²) in [7, 11) is 0. The van der Waals surface area contributed by atoms with Crippen molar-refractivity contribution in [1.29, 1.82) is 5.41 Å². The first-order chi connectivity index (χ1) is 12.4. The molecule has 3 heterocycles. The van der Waals surface area contributed by atoms with E-state index in [0.717, 1.165) is 32.9 Å². The van der Waals surface area contributed by atoms with Gasteiger partial charge >= 0.3 is 0 Å². The molecular formula is C18H22F2N6. The molecule has 2 aromatic rings. The molecule has 1 unspecified atom stereocenters. The molecule has 1 atom stereocenters. The lowest BCUT2D eigenvalue weighted by Crippen LogP contribution is -2.38. The van der Waals surface area contributed by atoms with Gasteiger partial charge in [0.25, 0.3) is 5.92 Å². The van der Waals surface area contributed by atoms with Crippen LogP contribution in [0.2, 0.25) is 0 Å². The predicted molar refractivity (Wildman–Crippen MR) is 97.9 cm³/mol. The number of piperidine rings is 1. The van der Waals surface area contributed by atoms with Crippen LogP contribution in [0.4, 0.5) is 20.4 Å². The van der Waals surface area contributed by atoms with Gasteiger partial charge in [0.15, 0.2) is 0 Å². The van der Waals surface area contributed by atoms with Crippen molar-refractivity contribution in [3.63, 3.8) is 0 Å². The summed E-state index contributed by atoms with van der Waals surface area (Å²) < 4.78 is 28.1. The van der Waals surface area contributed by atoms with Crippen LogP contribution in [0.1, 0.15) is 36.6 Å². The Morgan fingerprint density at radius 3 is 2.85 bits per heavy atom. The van der Waals surface area contributed by atoms with Gasteiger partial charge in [-0.05, 0) is 43.7 Å². The molecule has 0 saturated carbocycles. The lowest BCUT2D eigenvalue weighted by Gasteiger charge is -2.25. The number of nitrogens with zero attached hydrogens (tertiary/aromatic N) is 2. The molecule has 0 spiro atoms. The third-order valence-corrected chi connectivity index (χ3v) is 4.36. The van der Waals surface area contributed by atoms with Crippen LogP contribution in [0.25, 0.3) is 0 Å². The molecule has 2 aromatic heterocycles. The largest absolute Gasteiger partial charge is 0.383 e. The number of nitrogens with two attached hydrogens (primary N) is 1. The standard InChI is InChI=1S/C18H22F2N6/c1-18(19,20)13-6-7-14(25-11-4-2-8-23-10-11)26-16(13)15(21)12-5-3-9-24-17(12)22/h3,5-7,9,11,21,23H,2,4,8,10H2,1H3,(H2,22,24)(H,25,26). The fourth-order valence-corrected chi connectivity index (χ4v) is 3.02. The minimum atomic E-state index is -3.13. The number of hydrogen-bond acceptors (Lipinski definition) is 6. The Bertz CT molecular complexity index is 797. The topological polar surface area (TPSA) is 99.7 Å². The number of nitrogens with one attached hydrogen (secondary N) is 3. The van der Waals surface area contributed by atoms with Gasteiger partial charge in [-0.25, -0.2) is 18.7 Å². The van der Waals surface area contributed by atoms with Crippen molar-refractivity contribution >= 4 is 17.3 Å². The lowest BCUT2D eigenvalue weighted by molar-refractivity contribution is 0.0169. The Morgan fingerprint density at radius 1 is 1.38 bits per heavy atom. The van der Waals surface area contributed by atoms with E-state index in [1.165, 1.54) is 18.3 Å². The first-order valence-electron chi connectivity index (χ1n) is 8.52. The molecule has 138 valence electrons. The maximum Gasteiger partial charge on any atom is 0.272 e. The third kappa shape index (κ3) is 3.96. The maximum atomic E-state index is 14.1. The summed E-state index contributed by atoms with van der Waals surface area (Å²) in [4.78, 5) is 8.26. The molecule has 6 nitrogen and oxygen atoms in total. The summed E-state index contributed by atoms with van der Waals surface area (Å²) in [6.45, 7) is 2.56. The number of aromatic nitrogens is 2. The van der Waals surface area contributed by atoms with Gasteiger partial charge in [0.1, 0.15) is 17.3 Å². The number of pyridine rings is 2. The fourth-order valence-electron chi connectivity index (χ4n) is 3.02. The number of anilines is 2. The fraction of sp³-hybridized carbons (Fsp3) is 0.389. The Morgan fingerprint density at radius 2 is 2.19 bits per heavy atom. The Labute approximate surface area is 150 Å². The van der Waals surface area contributed by atoms with E-state index < -0.39 is 5.92 Å². The van der Waals surface area contributed by atoms with E-state index in [1.54, 1.807) is 12.1 Å². The van der Waals surface area contributed by atoms with Gasteiger partial charge in [0.2, 0.25) is 0 Å². The first kappa shape index (κ1) is 18.2. The van der Waals surface area contributed by atoms with Crippen LogP contribution < -0.4 is 16.4 Å². The van der Waals surface area contributed by atoms with Crippen LogP contribution in [0, 0.1) is 5.41 Å². The average Bonchev–Trinajstić information content (AvgIpc) is 2.61. The Balaban J connectivity index is 1.98. The number of hydrogen-bond donors (Lipinski definition) is 4. The highest BCUT2D eigenvalue weighted by Crippen LogP contribution is 2.32. The summed E-state index contributed by atoms with van der Waals surface area (Å²) in [5.74, 6) is -2.55. The molecule has 0 amide bonds. The number of halogens is 2. The van der Waals surface area contributed by atoms with E-state index in [-0.39, 0.29) is 34.4 Å². The number of nitrogen functional groups attached to an aromatic ring is 1. The number of rotatable bonds is 5. The van der Waals surface area contributed by atoms with Gasteiger partial charge in [-0.1, -0.05) is 0 Å². The zero-order valence-electron chi connectivity index (χ0n) is 14.5. The van der Waals surface area contributed by atoms with Crippen molar-refractivity contribution in [3.05, 3.63) is 47.3 Å². The summed E-state index contributed by atoms with van der Waals surface area (Å²) in [5.41, 5.74) is 5.53. The minimum absolute atomic E-state index is 0.0917. The highest BCUT2D eigenvalue weighted by molar-refractivity contribution is 6.13. The van der Waals surface area contributed by atoms with Gasteiger partial charge in [-0.15, -0.1) is 0 Å². The van der Waals surface area contributed by atoms with Crippen molar-refractivity contribution in [2.24, 2.45) is 0 Å². The number of alkyl halides is 2. The van der Waals surface area contributed by atoms with Crippen molar-refractivity contribution in [2.45, 2.75) is 31.7 Å². The minimum Gasteiger partial charge on any atom is -0.383 e. The second kappa shape index (κ2) is 7.33. The highest BCUT2D eigenvalue weighted by Gasteiger charge is 2.31. The van der Waals surface area contributed by atoms with Gasteiger partial charge < -0.3 is 16.4 Å². The molecule has 26 heavy (non-hydrogen) atoms. The summed E-state index contributed by atoms with van der Waals surface area (Å²) >= 11 is 0. The summed E-state index contributed by atoms with van der Waals surface area (Å²) in [6, 6.07) is 6.22. The molecule has 8 heteroatoms. The maximum absolute atomic E-state index is 14.1. The SMILES string of the molecule is CC(F)(F)c1ccc(NC2CCCNC2)nc1C(=N)c1cccnc1N. The molecule has 1 aliphatic heterocycles. The summed E-state index contributed by atoms with van der Waals surface area (Å²) in [5, 5.41) is 14.9. The molecule has 1 saturated heterocycles. The van der Waals surface area contributed by atoms with Crippen LogP contribution in [-0.4, -0.2) is 34.8 Å². The molecule has 0 aliphatic carbocycles. The molecule has 1 aliphatic rings. The van der Waals surface area contributed by atoms with Gasteiger partial charge in [0.05, 0.1) is 5.71 Å². The van der Waals surface area contributed by atoms with Crippen LogP contribution in [0.15, 0.2) is 30.5 Å². The molecule has 0 aromatic carbocycles. The van der Waals surface area contributed by atoms with E-state index in [9.17, 15) is 8.78 Å². The molecule has 1 fully saturated rings. The smallest absolute Gasteiger partial charge is 0.272 e. The van der Waals surface area contributed by atoms with Gasteiger partial charge in [0, 0.05) is 36.8 Å². The van der Waals surface area contributed by atoms with E-state index in [4.69, 9.17) is 11.1 Å². The second-order valence-electron chi connectivity index (χ2n) is 6.48. The Kier molecular flexibility index (Phi) is 5.13. The predicted octanol–water partition coefficient (Wildman–Crippen LogP) is 2.75. The van der Waals surface area contributed by atoms with E-state index in [0.29, 0.717) is 5.82 Å². The zero-order chi connectivity index (χ0) is 18.7. The van der Waals surface area contributed by atoms with Gasteiger partial charge in [-0.2, -0.15) is 0 Å². The molecule has 5 N–H and O–H groups in total. The molecule has 3 rings (SSSR count). The monoisotopic (exact) mass is 360 g/mol. The lowest BCUT2D eigenvalue weighted by atomic mass is 9.99. The summed E-state index contributed by atoms with van der Waals surface area (Å²) in [6.07, 6.45) is 3.50. The normalized spacial score (nSPS) is 17.7. The molecule has 0 radical (unpaired) electrons. The van der Waals surface area contributed by atoms with Crippen LogP contribution in [-0.2, 0) is 5.92 Å². The van der Waals surface area contributed by atoms with Crippen molar-refractivity contribution in [1.82, 2.24) is 15.3 Å². The first-order valence-corrected chi connectivity index (χ1v) is 8.52. The van der Waals surface area contributed by atoms with Gasteiger partial charge in [-0.3, -0.25) is 5.41 Å². The van der Waals surface area contributed by atoms with Crippen molar-refractivity contribution in [2.75, 3.05) is 24.1 Å². The van der Waals surface area contributed by atoms with Crippen LogP contribution in [0.3, 0.4) is 0 Å². The van der Waals surface area contributed by atoms with E-state index in [1.807, 2.05) is 0 Å². The van der Waals surface area contributed by atoms with E-state index in [2.05, 4.69) is 20.6 Å². The molecule has 0 bridgehead atoms. The van der Waals surface area contributed by atoms with Crippen molar-refractivity contribution in [3.8, 4) is 0 Å². The van der Waals surface area contributed by atoms with E-state index >= 15 is 0 Å². The Hall–Kier alpha value is -2.61. The van der Waals surface area contributed by atoms with Crippen LogP contribution in [0.5, 0.6) is 0 Å². The van der Waals surface area contributed by atoms with Crippen LogP contribution >= 0.6 is 0 Å². The van der Waals surface area contributed by atoms with Crippen molar-refractivity contribution < 1.29 is 8.78 Å². The highest BCUT2D eigenvalue weighted by atomic mass is 19.3. The zero-order valence-corrected chi connectivity index (χ0v) is 14.5. The molecular weight excluding hydrogens is 338 g/mol. The third-order valence-electron chi connectivity index (χ3n) is 4.36. The average molecular weight is 360 g/mol.